The maximum atomic E-state index is 12.3. The average Bonchev–Trinajstić information content (AvgIpc) is 3.13. The molecule has 0 saturated carbocycles. The van der Waals surface area contributed by atoms with Gasteiger partial charge in [0, 0.05) is 31.6 Å². The number of unbranched alkanes of at least 4 members (excludes halogenated alkanes) is 1. The van der Waals surface area contributed by atoms with Gasteiger partial charge in [-0.15, -0.1) is 0 Å². The molecule has 116 valence electrons. The number of amides is 1. The van der Waals surface area contributed by atoms with E-state index >= 15 is 0 Å². The fourth-order valence-corrected chi connectivity index (χ4v) is 2.85. The van der Waals surface area contributed by atoms with Crippen molar-refractivity contribution in [1.82, 2.24) is 24.6 Å². The molecule has 3 rings (SSSR count). The molecule has 2 aromatic rings. The Labute approximate surface area is 130 Å². The van der Waals surface area contributed by atoms with Crippen LogP contribution >= 0.6 is 0 Å². The molecular weight excluding hydrogens is 278 g/mol. The van der Waals surface area contributed by atoms with E-state index in [0.29, 0.717) is 19.5 Å². The number of nitrogens with zero attached hydrogens (tertiary/aromatic N) is 5. The van der Waals surface area contributed by atoms with E-state index < -0.39 is 0 Å². The van der Waals surface area contributed by atoms with Crippen molar-refractivity contribution < 1.29 is 4.79 Å². The Balaban J connectivity index is 1.68. The molecule has 1 aliphatic heterocycles. The Bertz CT molecular complexity index is 624. The van der Waals surface area contributed by atoms with E-state index in [0.717, 1.165) is 30.9 Å². The third-order valence-corrected chi connectivity index (χ3v) is 4.03. The number of aromatic nitrogens is 4. The molecular formula is C16H21N5O. The highest BCUT2D eigenvalue weighted by Crippen LogP contribution is 2.27. The summed E-state index contributed by atoms with van der Waals surface area (Å²) in [6.45, 7) is 4.29. The van der Waals surface area contributed by atoms with Crippen molar-refractivity contribution in [2.75, 3.05) is 6.54 Å². The molecule has 0 spiro atoms. The molecule has 0 bridgehead atoms. The molecule has 1 fully saturated rings. The Hall–Kier alpha value is -2.24. The molecule has 1 amide bonds. The molecule has 0 N–H and O–H groups in total. The minimum atomic E-state index is 0.135. The van der Waals surface area contributed by atoms with Crippen LogP contribution in [0.5, 0.6) is 0 Å². The SMILES string of the molecule is CCCCn1ncnc1[C@@H]1CC(=O)N(Cc2ccccn2)C1. The second-order valence-corrected chi connectivity index (χ2v) is 5.69. The molecule has 0 aromatic carbocycles. The van der Waals surface area contributed by atoms with Crippen molar-refractivity contribution in [3.8, 4) is 0 Å². The van der Waals surface area contributed by atoms with Gasteiger partial charge in [0.05, 0.1) is 12.2 Å². The lowest BCUT2D eigenvalue weighted by atomic mass is 10.1. The summed E-state index contributed by atoms with van der Waals surface area (Å²) >= 11 is 0. The minimum absolute atomic E-state index is 0.135. The number of likely N-dealkylation sites (tertiary alicyclic amines) is 1. The molecule has 0 unspecified atom stereocenters. The van der Waals surface area contributed by atoms with E-state index in [1.807, 2.05) is 27.8 Å². The molecule has 6 nitrogen and oxygen atoms in total. The fourth-order valence-electron chi connectivity index (χ4n) is 2.85. The summed E-state index contributed by atoms with van der Waals surface area (Å²) in [5.74, 6) is 1.24. The lowest BCUT2D eigenvalue weighted by molar-refractivity contribution is -0.128. The third-order valence-electron chi connectivity index (χ3n) is 4.03. The van der Waals surface area contributed by atoms with Crippen molar-refractivity contribution in [1.29, 1.82) is 0 Å². The number of carbonyl (C=O) groups excluding carboxylic acids is 1. The average molecular weight is 299 g/mol. The molecule has 1 saturated heterocycles. The molecule has 1 atom stereocenters. The van der Waals surface area contributed by atoms with Gasteiger partial charge in [-0.2, -0.15) is 5.10 Å². The summed E-state index contributed by atoms with van der Waals surface area (Å²) in [6.07, 6.45) is 6.06. The second-order valence-electron chi connectivity index (χ2n) is 5.69. The Kier molecular flexibility index (Phi) is 4.46. The molecule has 6 heteroatoms. The topological polar surface area (TPSA) is 63.9 Å². The van der Waals surface area contributed by atoms with Crippen LogP contribution in [-0.2, 0) is 17.9 Å². The quantitative estimate of drug-likeness (QED) is 0.818. The van der Waals surface area contributed by atoms with Gasteiger partial charge in [-0.1, -0.05) is 19.4 Å². The zero-order valence-electron chi connectivity index (χ0n) is 12.9. The van der Waals surface area contributed by atoms with Crippen molar-refractivity contribution in [2.24, 2.45) is 0 Å². The van der Waals surface area contributed by atoms with E-state index in [-0.39, 0.29) is 11.8 Å². The maximum Gasteiger partial charge on any atom is 0.223 e. The van der Waals surface area contributed by atoms with Crippen LogP contribution in [0, 0.1) is 0 Å². The van der Waals surface area contributed by atoms with E-state index in [9.17, 15) is 4.79 Å². The lowest BCUT2D eigenvalue weighted by Gasteiger charge is -2.16. The Morgan fingerprint density at radius 2 is 2.23 bits per heavy atom. The third kappa shape index (κ3) is 3.16. The summed E-state index contributed by atoms with van der Waals surface area (Å²) in [4.78, 5) is 22.8. The Morgan fingerprint density at radius 3 is 3.00 bits per heavy atom. The lowest BCUT2D eigenvalue weighted by Crippen LogP contribution is -2.25. The monoisotopic (exact) mass is 299 g/mol. The molecule has 0 aliphatic carbocycles. The first-order chi connectivity index (χ1) is 10.8. The van der Waals surface area contributed by atoms with Gasteiger partial charge >= 0.3 is 0 Å². The van der Waals surface area contributed by atoms with Crippen LogP contribution in [0.15, 0.2) is 30.7 Å². The summed E-state index contributed by atoms with van der Waals surface area (Å²) < 4.78 is 1.95. The first-order valence-corrected chi connectivity index (χ1v) is 7.83. The maximum absolute atomic E-state index is 12.3. The van der Waals surface area contributed by atoms with E-state index in [1.54, 1.807) is 12.5 Å². The van der Waals surface area contributed by atoms with Crippen molar-refractivity contribution in [2.45, 2.75) is 45.2 Å². The van der Waals surface area contributed by atoms with Gasteiger partial charge in [-0.25, -0.2) is 9.67 Å². The summed E-state index contributed by atoms with van der Waals surface area (Å²) in [6, 6.07) is 5.78. The summed E-state index contributed by atoms with van der Waals surface area (Å²) in [7, 11) is 0. The Morgan fingerprint density at radius 1 is 1.32 bits per heavy atom. The predicted octanol–water partition coefficient (Wildman–Crippen LogP) is 1.99. The van der Waals surface area contributed by atoms with Gasteiger partial charge in [0.2, 0.25) is 5.91 Å². The number of carbonyl (C=O) groups is 1. The van der Waals surface area contributed by atoms with E-state index in [4.69, 9.17) is 0 Å². The molecule has 22 heavy (non-hydrogen) atoms. The number of hydrogen-bond donors (Lipinski definition) is 0. The first kappa shape index (κ1) is 14.7. The summed E-state index contributed by atoms with van der Waals surface area (Å²) in [5, 5.41) is 4.30. The molecule has 0 radical (unpaired) electrons. The minimum Gasteiger partial charge on any atom is -0.336 e. The van der Waals surface area contributed by atoms with Crippen LogP contribution < -0.4 is 0 Å². The largest absolute Gasteiger partial charge is 0.336 e. The second kappa shape index (κ2) is 6.68. The summed E-state index contributed by atoms with van der Waals surface area (Å²) in [5.41, 5.74) is 0.920. The highest BCUT2D eigenvalue weighted by atomic mass is 16.2. The number of hydrogen-bond acceptors (Lipinski definition) is 4. The zero-order valence-corrected chi connectivity index (χ0v) is 12.9. The normalized spacial score (nSPS) is 18.1. The molecule has 1 aliphatic rings. The van der Waals surface area contributed by atoms with Crippen LogP contribution in [0.3, 0.4) is 0 Å². The van der Waals surface area contributed by atoms with Gasteiger partial charge in [0.15, 0.2) is 0 Å². The van der Waals surface area contributed by atoms with Gasteiger partial charge in [0.1, 0.15) is 12.2 Å². The van der Waals surface area contributed by atoms with Gasteiger partial charge in [-0.05, 0) is 18.6 Å². The van der Waals surface area contributed by atoms with Crippen LogP contribution in [-0.4, -0.2) is 37.1 Å². The van der Waals surface area contributed by atoms with Crippen LogP contribution in [0.2, 0.25) is 0 Å². The van der Waals surface area contributed by atoms with Crippen molar-refractivity contribution in [3.63, 3.8) is 0 Å². The van der Waals surface area contributed by atoms with Gasteiger partial charge in [0.25, 0.3) is 0 Å². The van der Waals surface area contributed by atoms with Gasteiger partial charge in [-0.3, -0.25) is 9.78 Å². The van der Waals surface area contributed by atoms with Crippen LogP contribution in [0.1, 0.15) is 43.6 Å². The van der Waals surface area contributed by atoms with Crippen molar-refractivity contribution >= 4 is 5.91 Å². The molecule has 3 heterocycles. The van der Waals surface area contributed by atoms with Crippen LogP contribution in [0.25, 0.3) is 0 Å². The molecule has 2 aromatic heterocycles. The first-order valence-electron chi connectivity index (χ1n) is 7.83. The number of rotatable bonds is 6. The predicted molar refractivity (Wildman–Crippen MR) is 81.9 cm³/mol. The fraction of sp³-hybridized carbons (Fsp3) is 0.500. The highest BCUT2D eigenvalue weighted by molar-refractivity contribution is 5.79. The number of aryl methyl sites for hydroxylation is 1. The zero-order chi connectivity index (χ0) is 15.4. The van der Waals surface area contributed by atoms with Crippen LogP contribution in [0.4, 0.5) is 0 Å². The van der Waals surface area contributed by atoms with E-state index in [2.05, 4.69) is 22.0 Å². The van der Waals surface area contributed by atoms with Crippen molar-refractivity contribution in [3.05, 3.63) is 42.2 Å². The standard InChI is InChI=1S/C16H21N5O/c1-2-3-8-21-16(18-12-19-21)13-9-15(22)20(10-13)11-14-6-4-5-7-17-14/h4-7,12-13H,2-3,8-11H2,1H3/t13-/m1/s1. The van der Waals surface area contributed by atoms with Gasteiger partial charge < -0.3 is 4.90 Å². The highest BCUT2D eigenvalue weighted by Gasteiger charge is 2.33. The van der Waals surface area contributed by atoms with E-state index in [1.165, 1.54) is 0 Å². The number of pyridine rings is 1. The smallest absolute Gasteiger partial charge is 0.223 e.